The highest BCUT2D eigenvalue weighted by atomic mass is 35.5. The van der Waals surface area contributed by atoms with Gasteiger partial charge in [0, 0.05) is 50.0 Å². The fraction of sp³-hybridized carbons (Fsp3) is 0.609. The monoisotopic (exact) mass is 418 g/mol. The van der Waals surface area contributed by atoms with Gasteiger partial charge in [0.25, 0.3) is 5.91 Å². The number of aryl methyl sites for hydroxylation is 1. The smallest absolute Gasteiger partial charge is 0.252 e. The number of halogens is 1. The molecule has 2 aromatic rings. The molecule has 0 spiro atoms. The van der Waals surface area contributed by atoms with Gasteiger partial charge in [-0.2, -0.15) is 0 Å². The van der Waals surface area contributed by atoms with Crippen LogP contribution in [0.2, 0.25) is 5.02 Å². The van der Waals surface area contributed by atoms with Crippen LogP contribution in [0, 0.1) is 0 Å². The Kier molecular flexibility index (Phi) is 6.47. The van der Waals surface area contributed by atoms with E-state index in [9.17, 15) is 4.79 Å². The first-order chi connectivity index (χ1) is 14.1. The van der Waals surface area contributed by atoms with Crippen LogP contribution in [0.25, 0.3) is 10.9 Å². The second-order valence-corrected chi connectivity index (χ2v) is 8.71. The number of carbonyl (C=O) groups excluding carboxylic acids is 1. The van der Waals surface area contributed by atoms with Gasteiger partial charge in [0.1, 0.15) is 6.10 Å². The molecule has 6 heteroatoms. The third-order valence-corrected chi connectivity index (χ3v) is 6.46. The Balaban J connectivity index is 1.59. The number of nitrogens with zero attached hydrogens (tertiary/aromatic N) is 2. The molecule has 1 aromatic carbocycles. The SMILES string of the molecule is COCCCn1cc(Cl)c2ccc([C@@H](C)N(C(=O)[C@H]3CCCCO3)C3CC3)cc21. The van der Waals surface area contributed by atoms with Crippen molar-refractivity contribution >= 4 is 28.4 Å². The van der Waals surface area contributed by atoms with Crippen molar-refractivity contribution in [2.75, 3.05) is 20.3 Å². The van der Waals surface area contributed by atoms with Crippen molar-refractivity contribution in [3.05, 3.63) is 35.0 Å². The van der Waals surface area contributed by atoms with Crippen molar-refractivity contribution in [1.82, 2.24) is 9.47 Å². The van der Waals surface area contributed by atoms with Gasteiger partial charge < -0.3 is 18.9 Å². The zero-order valence-electron chi connectivity index (χ0n) is 17.4. The van der Waals surface area contributed by atoms with Crippen molar-refractivity contribution in [3.63, 3.8) is 0 Å². The van der Waals surface area contributed by atoms with E-state index in [0.29, 0.717) is 12.6 Å². The summed E-state index contributed by atoms with van der Waals surface area (Å²) in [4.78, 5) is 15.3. The minimum Gasteiger partial charge on any atom is -0.385 e. The third kappa shape index (κ3) is 4.47. The van der Waals surface area contributed by atoms with Crippen molar-refractivity contribution in [1.29, 1.82) is 0 Å². The molecule has 1 amide bonds. The maximum Gasteiger partial charge on any atom is 0.252 e. The summed E-state index contributed by atoms with van der Waals surface area (Å²) in [5, 5.41) is 1.82. The highest BCUT2D eigenvalue weighted by molar-refractivity contribution is 6.35. The minimum absolute atomic E-state index is 0.0195. The molecule has 0 unspecified atom stereocenters. The lowest BCUT2D eigenvalue weighted by Gasteiger charge is -2.34. The predicted molar refractivity (Wildman–Crippen MR) is 115 cm³/mol. The number of aromatic nitrogens is 1. The average Bonchev–Trinajstić information content (AvgIpc) is 3.53. The van der Waals surface area contributed by atoms with Crippen molar-refractivity contribution in [2.45, 2.75) is 70.2 Å². The highest BCUT2D eigenvalue weighted by Gasteiger charge is 2.39. The van der Waals surface area contributed by atoms with Crippen LogP contribution in [0.5, 0.6) is 0 Å². The topological polar surface area (TPSA) is 43.7 Å². The summed E-state index contributed by atoms with van der Waals surface area (Å²) in [5.74, 6) is 0.160. The maximum absolute atomic E-state index is 13.3. The summed E-state index contributed by atoms with van der Waals surface area (Å²) >= 11 is 6.46. The second-order valence-electron chi connectivity index (χ2n) is 8.30. The second kappa shape index (κ2) is 9.07. The molecule has 0 N–H and O–H groups in total. The number of carbonyl (C=O) groups is 1. The van der Waals surface area contributed by atoms with Gasteiger partial charge in [0.15, 0.2) is 0 Å². The molecule has 29 heavy (non-hydrogen) atoms. The number of fused-ring (bicyclic) bond motifs is 1. The molecule has 1 aliphatic carbocycles. The Morgan fingerprint density at radius 3 is 2.86 bits per heavy atom. The van der Waals surface area contributed by atoms with E-state index in [0.717, 1.165) is 73.2 Å². The Labute approximate surface area is 177 Å². The summed E-state index contributed by atoms with van der Waals surface area (Å²) in [6, 6.07) is 6.76. The molecule has 0 bridgehead atoms. The van der Waals surface area contributed by atoms with Gasteiger partial charge in [-0.05, 0) is 57.1 Å². The van der Waals surface area contributed by atoms with Crippen LogP contribution in [-0.4, -0.2) is 47.8 Å². The first kappa shape index (κ1) is 20.7. The normalized spacial score (nSPS) is 20.7. The van der Waals surface area contributed by atoms with Crippen LogP contribution in [0.1, 0.15) is 57.1 Å². The number of rotatable bonds is 8. The summed E-state index contributed by atoms with van der Waals surface area (Å²) in [6.07, 6.45) is 7.80. The van der Waals surface area contributed by atoms with Gasteiger partial charge in [0.2, 0.25) is 0 Å². The van der Waals surface area contributed by atoms with Crippen molar-refractivity contribution in [2.24, 2.45) is 0 Å². The summed E-state index contributed by atoms with van der Waals surface area (Å²) < 4.78 is 13.2. The Hall–Kier alpha value is -1.56. The number of ether oxygens (including phenoxy) is 2. The largest absolute Gasteiger partial charge is 0.385 e. The molecule has 2 fully saturated rings. The molecule has 1 saturated heterocycles. The number of hydrogen-bond donors (Lipinski definition) is 0. The summed E-state index contributed by atoms with van der Waals surface area (Å²) in [5.41, 5.74) is 2.27. The molecular formula is C23H31ClN2O3. The number of benzene rings is 1. The lowest BCUT2D eigenvalue weighted by Crippen LogP contribution is -2.44. The van der Waals surface area contributed by atoms with Crippen LogP contribution >= 0.6 is 11.6 Å². The first-order valence-corrected chi connectivity index (χ1v) is 11.2. The van der Waals surface area contributed by atoms with Crippen LogP contribution in [-0.2, 0) is 20.8 Å². The number of hydrogen-bond acceptors (Lipinski definition) is 3. The molecule has 4 rings (SSSR count). The fourth-order valence-electron chi connectivity index (χ4n) is 4.39. The van der Waals surface area contributed by atoms with Gasteiger partial charge in [0.05, 0.1) is 11.1 Å². The van der Waals surface area contributed by atoms with E-state index >= 15 is 0 Å². The zero-order valence-corrected chi connectivity index (χ0v) is 18.2. The Morgan fingerprint density at radius 1 is 1.34 bits per heavy atom. The lowest BCUT2D eigenvalue weighted by atomic mass is 10.0. The molecule has 2 aliphatic rings. The molecule has 5 nitrogen and oxygen atoms in total. The van der Waals surface area contributed by atoms with E-state index in [2.05, 4.69) is 34.6 Å². The molecule has 158 valence electrons. The average molecular weight is 419 g/mol. The Bertz CT molecular complexity index is 855. The first-order valence-electron chi connectivity index (χ1n) is 10.8. The molecule has 2 heterocycles. The number of amides is 1. The minimum atomic E-state index is -0.275. The quantitative estimate of drug-likeness (QED) is 0.569. The Morgan fingerprint density at radius 2 is 2.17 bits per heavy atom. The van der Waals surface area contributed by atoms with Crippen LogP contribution in [0.4, 0.5) is 0 Å². The predicted octanol–water partition coefficient (Wildman–Crippen LogP) is 4.95. The zero-order chi connectivity index (χ0) is 20.4. The van der Waals surface area contributed by atoms with E-state index in [1.54, 1.807) is 7.11 Å². The van der Waals surface area contributed by atoms with Gasteiger partial charge in [-0.1, -0.05) is 23.7 Å². The molecule has 1 aliphatic heterocycles. The summed E-state index contributed by atoms with van der Waals surface area (Å²) in [7, 11) is 1.72. The van der Waals surface area contributed by atoms with E-state index in [-0.39, 0.29) is 18.1 Å². The summed E-state index contributed by atoms with van der Waals surface area (Å²) in [6.45, 7) is 4.41. The van der Waals surface area contributed by atoms with Crippen LogP contribution in [0.15, 0.2) is 24.4 Å². The van der Waals surface area contributed by atoms with E-state index in [4.69, 9.17) is 21.1 Å². The highest BCUT2D eigenvalue weighted by Crippen LogP contribution is 2.37. The van der Waals surface area contributed by atoms with Gasteiger partial charge in [-0.25, -0.2) is 0 Å². The fourth-order valence-corrected chi connectivity index (χ4v) is 4.67. The third-order valence-electron chi connectivity index (χ3n) is 6.15. The van der Waals surface area contributed by atoms with E-state index in [1.807, 2.05) is 6.20 Å². The van der Waals surface area contributed by atoms with E-state index < -0.39 is 0 Å². The molecular weight excluding hydrogens is 388 g/mol. The maximum atomic E-state index is 13.3. The van der Waals surface area contributed by atoms with E-state index in [1.165, 1.54) is 0 Å². The standard InChI is InChI=1S/C23H31ClN2O3/c1-16(26(18-8-9-18)23(27)22-6-3-4-13-29-22)17-7-10-19-20(24)15-25(21(19)14-17)11-5-12-28-2/h7,10,14-16,18,22H,3-6,8-9,11-13H2,1-2H3/t16-,22-/m1/s1. The van der Waals surface area contributed by atoms with Gasteiger partial charge in [-0.3, -0.25) is 4.79 Å². The molecule has 2 atom stereocenters. The van der Waals surface area contributed by atoms with Crippen LogP contribution < -0.4 is 0 Å². The van der Waals surface area contributed by atoms with Crippen molar-refractivity contribution in [3.8, 4) is 0 Å². The molecule has 0 radical (unpaired) electrons. The van der Waals surface area contributed by atoms with Gasteiger partial charge in [-0.15, -0.1) is 0 Å². The van der Waals surface area contributed by atoms with Crippen LogP contribution in [0.3, 0.4) is 0 Å². The molecule has 1 aromatic heterocycles. The number of methoxy groups -OCH3 is 1. The van der Waals surface area contributed by atoms with Gasteiger partial charge >= 0.3 is 0 Å². The van der Waals surface area contributed by atoms with Crippen molar-refractivity contribution < 1.29 is 14.3 Å². The lowest BCUT2D eigenvalue weighted by molar-refractivity contribution is -0.149. The molecule has 1 saturated carbocycles.